The van der Waals surface area contributed by atoms with E-state index in [4.69, 9.17) is 0 Å². The quantitative estimate of drug-likeness (QED) is 0.293. The molecule has 98 valence electrons. The first-order valence-electron chi connectivity index (χ1n) is 7.12. The molecular weight excluding hydrogens is 256 g/mol. The number of rotatable bonds is 0. The number of phenols is 1. The molecule has 0 bridgehead atoms. The molecule has 21 heavy (non-hydrogen) atoms. The van der Waals surface area contributed by atoms with Crippen LogP contribution in [0.2, 0.25) is 0 Å². The molecule has 5 aromatic rings. The van der Waals surface area contributed by atoms with Crippen LogP contribution >= 0.6 is 0 Å². The molecule has 5 rings (SSSR count). The average molecular weight is 268 g/mol. The van der Waals surface area contributed by atoms with Gasteiger partial charge in [0, 0.05) is 10.8 Å². The standard InChI is InChI=1S/C20H12O/c21-17-11-10-13-9-8-12-4-3-7-15-14-5-1-2-6-16(14)20(17)19(13)18(12)15/h1-11,21H. The Hall–Kier alpha value is -2.80. The van der Waals surface area contributed by atoms with Gasteiger partial charge in [-0.1, -0.05) is 60.7 Å². The minimum Gasteiger partial charge on any atom is -0.507 e. The Morgan fingerprint density at radius 3 is 1.95 bits per heavy atom. The molecule has 0 unspecified atom stereocenters. The van der Waals surface area contributed by atoms with Gasteiger partial charge in [-0.2, -0.15) is 0 Å². The van der Waals surface area contributed by atoms with Crippen LogP contribution in [0.5, 0.6) is 5.75 Å². The summed E-state index contributed by atoms with van der Waals surface area (Å²) in [4.78, 5) is 0. The SMILES string of the molecule is Oc1ccc2ccc3cccc4c5ccccc5c1c2c34. The van der Waals surface area contributed by atoms with Crippen LogP contribution in [0.15, 0.2) is 66.7 Å². The first-order chi connectivity index (χ1) is 10.3. The van der Waals surface area contributed by atoms with Gasteiger partial charge < -0.3 is 5.11 Å². The lowest BCUT2D eigenvalue weighted by Crippen LogP contribution is -1.87. The molecule has 0 amide bonds. The Morgan fingerprint density at radius 1 is 0.476 bits per heavy atom. The zero-order valence-electron chi connectivity index (χ0n) is 11.3. The van der Waals surface area contributed by atoms with Crippen molar-refractivity contribution >= 4 is 43.1 Å². The van der Waals surface area contributed by atoms with Crippen molar-refractivity contribution in [2.45, 2.75) is 0 Å². The van der Waals surface area contributed by atoms with Gasteiger partial charge in [0.1, 0.15) is 5.75 Å². The van der Waals surface area contributed by atoms with Crippen molar-refractivity contribution in [3.63, 3.8) is 0 Å². The highest BCUT2D eigenvalue weighted by atomic mass is 16.3. The van der Waals surface area contributed by atoms with Crippen LogP contribution in [0, 0.1) is 0 Å². The summed E-state index contributed by atoms with van der Waals surface area (Å²) >= 11 is 0. The summed E-state index contributed by atoms with van der Waals surface area (Å²) in [5.41, 5.74) is 0. The number of fused-ring (bicyclic) bond motifs is 3. The monoisotopic (exact) mass is 268 g/mol. The van der Waals surface area contributed by atoms with Crippen molar-refractivity contribution in [3.8, 4) is 5.75 Å². The summed E-state index contributed by atoms with van der Waals surface area (Å²) < 4.78 is 0. The molecule has 0 aliphatic carbocycles. The van der Waals surface area contributed by atoms with Gasteiger partial charge in [-0.3, -0.25) is 0 Å². The van der Waals surface area contributed by atoms with Crippen molar-refractivity contribution in [2.24, 2.45) is 0 Å². The number of hydrogen-bond acceptors (Lipinski definition) is 1. The Labute approximate surface area is 121 Å². The van der Waals surface area contributed by atoms with Gasteiger partial charge in [0.2, 0.25) is 0 Å². The largest absolute Gasteiger partial charge is 0.507 e. The fraction of sp³-hybridized carbons (Fsp3) is 0. The summed E-state index contributed by atoms with van der Waals surface area (Å²) in [5, 5.41) is 19.8. The van der Waals surface area contributed by atoms with Crippen LogP contribution in [-0.4, -0.2) is 5.11 Å². The molecule has 0 fully saturated rings. The molecule has 0 heterocycles. The van der Waals surface area contributed by atoms with Crippen LogP contribution in [0.25, 0.3) is 43.1 Å². The maximum atomic E-state index is 10.4. The van der Waals surface area contributed by atoms with E-state index in [-0.39, 0.29) is 0 Å². The van der Waals surface area contributed by atoms with Gasteiger partial charge in [0.05, 0.1) is 0 Å². The predicted molar refractivity (Wildman–Crippen MR) is 89.3 cm³/mol. The third kappa shape index (κ3) is 1.26. The Balaban J connectivity index is 2.34. The van der Waals surface area contributed by atoms with E-state index < -0.39 is 0 Å². The molecule has 0 aliphatic rings. The van der Waals surface area contributed by atoms with Crippen LogP contribution in [0.1, 0.15) is 0 Å². The van der Waals surface area contributed by atoms with Gasteiger partial charge in [0.25, 0.3) is 0 Å². The van der Waals surface area contributed by atoms with Crippen LogP contribution in [0.4, 0.5) is 0 Å². The van der Waals surface area contributed by atoms with Crippen LogP contribution in [0.3, 0.4) is 0 Å². The Kier molecular flexibility index (Phi) is 1.90. The van der Waals surface area contributed by atoms with Crippen LogP contribution < -0.4 is 0 Å². The van der Waals surface area contributed by atoms with E-state index in [1.165, 1.54) is 32.3 Å². The summed E-state index contributed by atoms with van der Waals surface area (Å²) in [6.45, 7) is 0. The van der Waals surface area contributed by atoms with Gasteiger partial charge in [-0.25, -0.2) is 0 Å². The van der Waals surface area contributed by atoms with E-state index in [1.807, 2.05) is 12.1 Å². The van der Waals surface area contributed by atoms with Gasteiger partial charge >= 0.3 is 0 Å². The topological polar surface area (TPSA) is 20.2 Å². The highest BCUT2D eigenvalue weighted by molar-refractivity contribution is 6.34. The van der Waals surface area contributed by atoms with Crippen molar-refractivity contribution in [1.82, 2.24) is 0 Å². The van der Waals surface area contributed by atoms with Gasteiger partial charge in [0.15, 0.2) is 0 Å². The first-order valence-corrected chi connectivity index (χ1v) is 7.12. The predicted octanol–water partition coefficient (Wildman–Crippen LogP) is 5.44. The summed E-state index contributed by atoms with van der Waals surface area (Å²) in [6.07, 6.45) is 0. The lowest BCUT2D eigenvalue weighted by molar-refractivity contribution is 0.482. The van der Waals surface area contributed by atoms with E-state index in [9.17, 15) is 5.11 Å². The van der Waals surface area contributed by atoms with Gasteiger partial charge in [-0.05, 0) is 38.4 Å². The van der Waals surface area contributed by atoms with E-state index in [2.05, 4.69) is 48.5 Å². The molecule has 0 aliphatic heterocycles. The fourth-order valence-corrected chi connectivity index (χ4v) is 3.62. The summed E-state index contributed by atoms with van der Waals surface area (Å²) in [6, 6.07) is 22.8. The minimum absolute atomic E-state index is 0.358. The molecule has 0 saturated heterocycles. The maximum Gasteiger partial charge on any atom is 0.124 e. The minimum atomic E-state index is 0.358. The second-order valence-electron chi connectivity index (χ2n) is 5.57. The van der Waals surface area contributed by atoms with E-state index in [0.29, 0.717) is 5.75 Å². The van der Waals surface area contributed by atoms with E-state index >= 15 is 0 Å². The lowest BCUT2D eigenvalue weighted by Gasteiger charge is -2.15. The highest BCUT2D eigenvalue weighted by Crippen LogP contribution is 2.43. The highest BCUT2D eigenvalue weighted by Gasteiger charge is 2.14. The lowest BCUT2D eigenvalue weighted by atomic mass is 9.89. The molecule has 0 spiro atoms. The number of benzene rings is 5. The second kappa shape index (κ2) is 3.64. The zero-order valence-corrected chi connectivity index (χ0v) is 11.3. The molecular formula is C20H12O. The molecule has 0 saturated carbocycles. The summed E-state index contributed by atoms with van der Waals surface area (Å²) in [7, 11) is 0. The normalized spacial score (nSPS) is 12.0. The smallest absolute Gasteiger partial charge is 0.124 e. The summed E-state index contributed by atoms with van der Waals surface area (Å²) in [5.74, 6) is 0.358. The Morgan fingerprint density at radius 2 is 1.10 bits per heavy atom. The van der Waals surface area contributed by atoms with Gasteiger partial charge in [-0.15, -0.1) is 0 Å². The molecule has 1 heteroatoms. The van der Waals surface area contributed by atoms with Crippen molar-refractivity contribution < 1.29 is 5.11 Å². The van der Waals surface area contributed by atoms with E-state index in [1.54, 1.807) is 6.07 Å². The second-order valence-corrected chi connectivity index (χ2v) is 5.57. The van der Waals surface area contributed by atoms with Crippen molar-refractivity contribution in [1.29, 1.82) is 0 Å². The molecule has 1 N–H and O–H groups in total. The van der Waals surface area contributed by atoms with E-state index in [0.717, 1.165) is 10.8 Å². The third-order valence-electron chi connectivity index (χ3n) is 4.49. The molecule has 0 aromatic heterocycles. The number of hydrogen-bond donors (Lipinski definition) is 1. The molecule has 1 nitrogen and oxygen atoms in total. The van der Waals surface area contributed by atoms with Crippen molar-refractivity contribution in [2.75, 3.05) is 0 Å². The third-order valence-corrected chi connectivity index (χ3v) is 4.49. The zero-order chi connectivity index (χ0) is 14.0. The van der Waals surface area contributed by atoms with Crippen molar-refractivity contribution in [3.05, 3.63) is 66.7 Å². The average Bonchev–Trinajstić information content (AvgIpc) is 2.54. The molecule has 0 atom stereocenters. The first kappa shape index (κ1) is 10.9. The molecule has 5 aromatic carbocycles. The molecule has 0 radical (unpaired) electrons. The Bertz CT molecular complexity index is 1140. The number of phenolic OH excluding ortho intramolecular Hbond substituents is 1. The fourth-order valence-electron chi connectivity index (χ4n) is 3.62. The number of aromatic hydroxyl groups is 1. The van der Waals surface area contributed by atoms with Crippen LogP contribution in [-0.2, 0) is 0 Å². The maximum absolute atomic E-state index is 10.4.